The minimum Gasteiger partial charge on any atom is -0.380 e. The Kier molecular flexibility index (Phi) is 6.44. The first kappa shape index (κ1) is 26.7. The van der Waals surface area contributed by atoms with Crippen molar-refractivity contribution in [3.05, 3.63) is 55.1 Å². The minimum absolute atomic E-state index is 0.00455. The van der Waals surface area contributed by atoms with Crippen LogP contribution in [0, 0.1) is 0 Å². The van der Waals surface area contributed by atoms with E-state index in [1.54, 1.807) is 34.1 Å². The second kappa shape index (κ2) is 9.87. The van der Waals surface area contributed by atoms with E-state index in [0.717, 1.165) is 24.0 Å². The van der Waals surface area contributed by atoms with E-state index in [9.17, 15) is 27.9 Å². The molecule has 11 nitrogen and oxygen atoms in total. The second-order valence-corrected chi connectivity index (χ2v) is 10.5. The third-order valence-electron chi connectivity index (χ3n) is 7.60. The number of aromatic nitrogens is 5. The average molecular weight is 569 g/mol. The van der Waals surface area contributed by atoms with Gasteiger partial charge in [0, 0.05) is 41.7 Å². The van der Waals surface area contributed by atoms with Crippen LogP contribution in [0.5, 0.6) is 0 Å². The van der Waals surface area contributed by atoms with Crippen molar-refractivity contribution in [2.75, 3.05) is 24.5 Å². The molecule has 6 rings (SSSR count). The molecule has 0 unspecified atom stereocenters. The van der Waals surface area contributed by atoms with E-state index in [0.29, 0.717) is 47.7 Å². The van der Waals surface area contributed by atoms with Crippen LogP contribution in [0.4, 0.5) is 23.7 Å². The van der Waals surface area contributed by atoms with Crippen molar-refractivity contribution in [1.29, 1.82) is 0 Å². The summed E-state index contributed by atoms with van der Waals surface area (Å²) in [6, 6.07) is 6.78. The number of primary amides is 1. The smallest absolute Gasteiger partial charge is 0.380 e. The molecule has 2 fully saturated rings. The van der Waals surface area contributed by atoms with Crippen molar-refractivity contribution < 1.29 is 27.9 Å². The molecule has 4 aromatic rings. The molecule has 41 heavy (non-hydrogen) atoms. The van der Waals surface area contributed by atoms with E-state index in [4.69, 9.17) is 5.73 Å². The van der Waals surface area contributed by atoms with Gasteiger partial charge in [0.15, 0.2) is 5.65 Å². The van der Waals surface area contributed by atoms with Gasteiger partial charge < -0.3 is 15.7 Å². The van der Waals surface area contributed by atoms with Gasteiger partial charge in [-0.3, -0.25) is 14.4 Å². The SMILES string of the molecule is NC(=O)N(CC(F)(F)F)c1cccc(-c2cnc3cc(-c4cnn(C5CCN(C(=O)C6(O)CC6)CC5)c4)cnn23)c1. The summed E-state index contributed by atoms with van der Waals surface area (Å²) in [7, 11) is 0. The molecule has 0 radical (unpaired) electrons. The van der Waals surface area contributed by atoms with Gasteiger partial charge in [0.05, 0.1) is 30.3 Å². The number of nitrogens with two attached hydrogens (primary N) is 1. The first-order valence-electron chi connectivity index (χ1n) is 13.1. The lowest BCUT2D eigenvalue weighted by molar-refractivity contribution is -0.143. The van der Waals surface area contributed by atoms with Gasteiger partial charge in [-0.15, -0.1) is 0 Å². The van der Waals surface area contributed by atoms with E-state index in [1.807, 2.05) is 16.9 Å². The minimum atomic E-state index is -4.62. The lowest BCUT2D eigenvalue weighted by Gasteiger charge is -2.33. The summed E-state index contributed by atoms with van der Waals surface area (Å²) in [6.45, 7) is -0.366. The molecule has 1 saturated heterocycles. The molecule has 2 aliphatic rings. The van der Waals surface area contributed by atoms with Crippen molar-refractivity contribution >= 4 is 23.3 Å². The largest absolute Gasteiger partial charge is 0.406 e. The van der Waals surface area contributed by atoms with Crippen molar-refractivity contribution in [3.8, 4) is 22.4 Å². The highest BCUT2D eigenvalue weighted by molar-refractivity contribution is 5.91. The van der Waals surface area contributed by atoms with E-state index in [-0.39, 0.29) is 17.6 Å². The first-order valence-corrected chi connectivity index (χ1v) is 13.1. The van der Waals surface area contributed by atoms with E-state index < -0.39 is 24.4 Å². The third-order valence-corrected chi connectivity index (χ3v) is 7.60. The number of hydrogen-bond acceptors (Lipinski definition) is 6. The number of rotatable bonds is 6. The van der Waals surface area contributed by atoms with Gasteiger partial charge in [0.1, 0.15) is 12.1 Å². The van der Waals surface area contributed by atoms with E-state index in [2.05, 4.69) is 15.2 Å². The molecule has 1 aliphatic carbocycles. The number of urea groups is 1. The van der Waals surface area contributed by atoms with Gasteiger partial charge in [-0.05, 0) is 43.9 Å². The Labute approximate surface area is 232 Å². The molecular formula is C27H27F3N8O3. The average Bonchev–Trinajstić information content (AvgIpc) is 3.34. The fraction of sp³-hybridized carbons (Fsp3) is 0.370. The fourth-order valence-electron chi connectivity index (χ4n) is 5.19. The summed E-state index contributed by atoms with van der Waals surface area (Å²) >= 11 is 0. The molecule has 0 atom stereocenters. The molecule has 1 aliphatic heterocycles. The maximum Gasteiger partial charge on any atom is 0.406 e. The molecule has 0 spiro atoms. The number of carbonyl (C=O) groups excluding carboxylic acids is 2. The Morgan fingerprint density at radius 3 is 2.46 bits per heavy atom. The molecule has 4 heterocycles. The highest BCUT2D eigenvalue weighted by atomic mass is 19.4. The van der Waals surface area contributed by atoms with Crippen LogP contribution in [0.15, 0.2) is 55.1 Å². The van der Waals surface area contributed by atoms with Crippen molar-refractivity contribution in [3.63, 3.8) is 0 Å². The number of likely N-dealkylation sites (tertiary alicyclic amines) is 1. The summed E-state index contributed by atoms with van der Waals surface area (Å²) in [5.74, 6) is -0.172. The normalized spacial score (nSPS) is 17.1. The van der Waals surface area contributed by atoms with Crippen LogP contribution in [0.3, 0.4) is 0 Å². The third kappa shape index (κ3) is 5.34. The van der Waals surface area contributed by atoms with Crippen molar-refractivity contribution in [2.45, 2.75) is 43.5 Å². The zero-order chi connectivity index (χ0) is 28.9. The zero-order valence-corrected chi connectivity index (χ0v) is 21.8. The molecule has 14 heteroatoms. The van der Waals surface area contributed by atoms with Crippen LogP contribution in [-0.2, 0) is 4.79 Å². The number of nitrogens with zero attached hydrogens (tertiary/aromatic N) is 7. The molecular weight excluding hydrogens is 541 g/mol. The standard InChI is InChI=1S/C27H27F3N8O3/c28-27(29,30)16-36(25(31)40)21-3-1-2-17(10-21)22-14-32-23-11-18(12-34-38(22)23)19-13-33-37(15-19)20-4-8-35(9-5-20)24(39)26(41)6-7-26/h1-3,10-15,20,41H,4-9,16H2,(H2,31,40). The van der Waals surface area contributed by atoms with Gasteiger partial charge in [0.25, 0.3) is 5.91 Å². The predicted octanol–water partition coefficient (Wildman–Crippen LogP) is 3.40. The zero-order valence-electron chi connectivity index (χ0n) is 21.8. The number of benzene rings is 1. The van der Waals surface area contributed by atoms with Crippen LogP contribution >= 0.6 is 0 Å². The molecule has 214 valence electrons. The summed E-state index contributed by atoms with van der Waals surface area (Å²) < 4.78 is 42.5. The van der Waals surface area contributed by atoms with Crippen LogP contribution in [0.25, 0.3) is 28.0 Å². The maximum atomic E-state index is 13.0. The fourth-order valence-corrected chi connectivity index (χ4v) is 5.19. The molecule has 0 bridgehead atoms. The number of piperidine rings is 1. The number of aliphatic hydroxyl groups is 1. The van der Waals surface area contributed by atoms with Gasteiger partial charge in [0.2, 0.25) is 0 Å². The number of alkyl halides is 3. The summed E-state index contributed by atoms with van der Waals surface area (Å²) in [4.78, 5) is 30.8. The Morgan fingerprint density at radius 1 is 1.05 bits per heavy atom. The highest BCUT2D eigenvalue weighted by Gasteiger charge is 2.50. The Hall–Kier alpha value is -4.46. The molecule has 3 N–H and O–H groups in total. The van der Waals surface area contributed by atoms with Crippen LogP contribution in [-0.4, -0.2) is 77.7 Å². The van der Waals surface area contributed by atoms with E-state index in [1.165, 1.54) is 18.2 Å². The second-order valence-electron chi connectivity index (χ2n) is 10.5. The summed E-state index contributed by atoms with van der Waals surface area (Å²) in [5.41, 5.74) is 7.24. The van der Waals surface area contributed by atoms with Crippen LogP contribution in [0.2, 0.25) is 0 Å². The van der Waals surface area contributed by atoms with E-state index >= 15 is 0 Å². The number of halogens is 3. The summed E-state index contributed by atoms with van der Waals surface area (Å²) in [6.07, 6.45) is 4.80. The van der Waals surface area contributed by atoms with Gasteiger partial charge in [-0.2, -0.15) is 23.4 Å². The maximum absolute atomic E-state index is 13.0. The van der Waals surface area contributed by atoms with Crippen molar-refractivity contribution in [2.24, 2.45) is 5.73 Å². The monoisotopic (exact) mass is 568 g/mol. The number of imidazole rings is 1. The quantitative estimate of drug-likeness (QED) is 0.366. The van der Waals surface area contributed by atoms with Crippen LogP contribution < -0.4 is 10.6 Å². The molecule has 3 aromatic heterocycles. The predicted molar refractivity (Wildman–Crippen MR) is 142 cm³/mol. The molecule has 1 saturated carbocycles. The Balaban J connectivity index is 1.19. The van der Waals surface area contributed by atoms with Gasteiger partial charge in [-0.1, -0.05) is 12.1 Å². The summed E-state index contributed by atoms with van der Waals surface area (Å²) in [5, 5.41) is 19.2. The number of hydrogen-bond donors (Lipinski definition) is 2. The number of fused-ring (bicyclic) bond motifs is 1. The van der Waals surface area contributed by atoms with Gasteiger partial charge >= 0.3 is 12.2 Å². The first-order chi connectivity index (χ1) is 19.5. The lowest BCUT2D eigenvalue weighted by atomic mass is 10.0. The Bertz CT molecular complexity index is 1620. The topological polar surface area (TPSA) is 135 Å². The highest BCUT2D eigenvalue weighted by Crippen LogP contribution is 2.38. The van der Waals surface area contributed by atoms with Crippen LogP contribution in [0.1, 0.15) is 31.7 Å². The number of carbonyl (C=O) groups is 2. The van der Waals surface area contributed by atoms with Gasteiger partial charge in [-0.25, -0.2) is 14.3 Å². The molecule has 3 amide bonds. The number of amides is 3. The number of anilines is 1. The molecule has 1 aromatic carbocycles. The van der Waals surface area contributed by atoms with Crippen molar-refractivity contribution in [1.82, 2.24) is 29.3 Å². The Morgan fingerprint density at radius 2 is 1.78 bits per heavy atom. The lowest BCUT2D eigenvalue weighted by Crippen LogP contribution is -2.45.